The zero-order valence-corrected chi connectivity index (χ0v) is 7.91. The van der Waals surface area contributed by atoms with Crippen LogP contribution in [-0.2, 0) is 9.47 Å². The molecule has 2 atom stereocenters. The zero-order chi connectivity index (χ0) is 13.5. The summed E-state index contributed by atoms with van der Waals surface area (Å²) in [6, 6.07) is 0. The van der Waals surface area contributed by atoms with Crippen LogP contribution in [0.4, 0.5) is 35.1 Å². The lowest BCUT2D eigenvalue weighted by Gasteiger charge is -2.29. The van der Waals surface area contributed by atoms with Crippen molar-refractivity contribution < 1.29 is 44.6 Å². The SMILES string of the molecule is FC(OCC1CO1)C(F)(F)C(F)(F)C(F)(F)F. The van der Waals surface area contributed by atoms with E-state index in [2.05, 4.69) is 9.47 Å². The van der Waals surface area contributed by atoms with Gasteiger partial charge in [-0.25, -0.2) is 4.39 Å². The molecule has 1 aliphatic rings. The van der Waals surface area contributed by atoms with Crippen LogP contribution in [0.25, 0.3) is 0 Å². The van der Waals surface area contributed by atoms with Crippen LogP contribution in [0.5, 0.6) is 0 Å². The van der Waals surface area contributed by atoms with E-state index >= 15 is 0 Å². The van der Waals surface area contributed by atoms with E-state index in [0.717, 1.165) is 0 Å². The second kappa shape index (κ2) is 4.23. The number of hydrogen-bond acceptors (Lipinski definition) is 2. The molecule has 102 valence electrons. The van der Waals surface area contributed by atoms with Crippen molar-refractivity contribution in [3.63, 3.8) is 0 Å². The summed E-state index contributed by atoms with van der Waals surface area (Å²) in [4.78, 5) is 0. The summed E-state index contributed by atoms with van der Waals surface area (Å²) < 4.78 is 105. The first-order valence-electron chi connectivity index (χ1n) is 4.20. The number of halogens is 8. The van der Waals surface area contributed by atoms with Crippen molar-refractivity contribution in [2.24, 2.45) is 0 Å². The Balaban J connectivity index is 2.69. The fourth-order valence-electron chi connectivity index (χ4n) is 0.792. The fourth-order valence-corrected chi connectivity index (χ4v) is 0.792. The van der Waals surface area contributed by atoms with Crippen molar-refractivity contribution >= 4 is 0 Å². The summed E-state index contributed by atoms with van der Waals surface area (Å²) in [5.41, 5.74) is 0. The Morgan fingerprint density at radius 3 is 1.94 bits per heavy atom. The first-order valence-corrected chi connectivity index (χ1v) is 4.20. The molecular formula is C7H6F8O2. The highest BCUT2D eigenvalue weighted by atomic mass is 19.4. The van der Waals surface area contributed by atoms with Crippen molar-refractivity contribution in [2.45, 2.75) is 30.5 Å². The van der Waals surface area contributed by atoms with Gasteiger partial charge >= 0.3 is 18.0 Å². The monoisotopic (exact) mass is 274 g/mol. The molecule has 1 fully saturated rings. The van der Waals surface area contributed by atoms with Gasteiger partial charge in [-0.15, -0.1) is 0 Å². The van der Waals surface area contributed by atoms with E-state index in [1.807, 2.05) is 0 Å². The Bertz CT molecular complexity index is 272. The number of alkyl halides is 8. The molecule has 1 aliphatic heterocycles. The maximum absolute atomic E-state index is 12.6. The van der Waals surface area contributed by atoms with E-state index in [9.17, 15) is 35.1 Å². The van der Waals surface area contributed by atoms with Gasteiger partial charge in [0, 0.05) is 0 Å². The number of epoxide rings is 1. The summed E-state index contributed by atoms with van der Waals surface area (Å²) in [5, 5.41) is 0. The second-order valence-electron chi connectivity index (χ2n) is 3.30. The Labute approximate surface area is 89.5 Å². The standard InChI is InChI=1S/C7H6F8O2/c8-4(17-2-3-1-16-3)5(9,10)6(11,12)7(13,14)15/h3-4H,1-2H2. The van der Waals surface area contributed by atoms with Crippen LogP contribution in [0.15, 0.2) is 0 Å². The molecule has 0 N–H and O–H groups in total. The molecule has 0 bridgehead atoms. The van der Waals surface area contributed by atoms with Crippen LogP contribution in [0, 0.1) is 0 Å². The molecule has 0 aliphatic carbocycles. The highest BCUT2D eigenvalue weighted by Gasteiger charge is 2.76. The van der Waals surface area contributed by atoms with Crippen molar-refractivity contribution in [3.05, 3.63) is 0 Å². The maximum Gasteiger partial charge on any atom is 0.460 e. The zero-order valence-electron chi connectivity index (χ0n) is 7.91. The first kappa shape index (κ1) is 14.4. The number of hydrogen-bond donors (Lipinski definition) is 0. The predicted molar refractivity (Wildman–Crippen MR) is 36.5 cm³/mol. The number of rotatable bonds is 5. The third kappa shape index (κ3) is 2.79. The Morgan fingerprint density at radius 1 is 1.12 bits per heavy atom. The van der Waals surface area contributed by atoms with Gasteiger partial charge in [-0.2, -0.15) is 30.7 Å². The molecule has 2 unspecified atom stereocenters. The van der Waals surface area contributed by atoms with Gasteiger partial charge in [-0.3, -0.25) is 0 Å². The largest absolute Gasteiger partial charge is 0.460 e. The summed E-state index contributed by atoms with van der Waals surface area (Å²) in [6.07, 6.45) is -11.4. The van der Waals surface area contributed by atoms with Crippen molar-refractivity contribution in [2.75, 3.05) is 13.2 Å². The smallest absolute Gasteiger partial charge is 0.371 e. The molecule has 0 aromatic heterocycles. The predicted octanol–water partition coefficient (Wildman–Crippen LogP) is 2.53. The molecule has 0 amide bonds. The molecule has 0 aromatic carbocycles. The Kier molecular flexibility index (Phi) is 3.59. The third-order valence-corrected chi connectivity index (χ3v) is 1.89. The third-order valence-electron chi connectivity index (χ3n) is 1.89. The topological polar surface area (TPSA) is 21.8 Å². The molecule has 0 saturated carbocycles. The van der Waals surface area contributed by atoms with Gasteiger partial charge in [-0.1, -0.05) is 0 Å². The highest BCUT2D eigenvalue weighted by molar-refractivity contribution is 4.93. The Morgan fingerprint density at radius 2 is 1.59 bits per heavy atom. The van der Waals surface area contributed by atoms with Crippen LogP contribution >= 0.6 is 0 Å². The van der Waals surface area contributed by atoms with Gasteiger partial charge in [0.05, 0.1) is 13.2 Å². The molecule has 17 heavy (non-hydrogen) atoms. The van der Waals surface area contributed by atoms with Gasteiger partial charge in [-0.05, 0) is 0 Å². The minimum absolute atomic E-state index is 0.0496. The minimum atomic E-state index is -6.57. The van der Waals surface area contributed by atoms with Crippen LogP contribution in [0.1, 0.15) is 0 Å². The van der Waals surface area contributed by atoms with Gasteiger partial charge in [0.25, 0.3) is 6.36 Å². The average Bonchev–Trinajstić information content (AvgIpc) is 2.95. The van der Waals surface area contributed by atoms with E-state index in [-0.39, 0.29) is 6.61 Å². The summed E-state index contributed by atoms with van der Waals surface area (Å²) >= 11 is 0. The van der Waals surface area contributed by atoms with E-state index in [1.165, 1.54) is 0 Å². The van der Waals surface area contributed by atoms with Gasteiger partial charge in [0.15, 0.2) is 0 Å². The second-order valence-corrected chi connectivity index (χ2v) is 3.30. The molecule has 1 heterocycles. The van der Waals surface area contributed by atoms with Gasteiger partial charge in [0.1, 0.15) is 6.10 Å². The fraction of sp³-hybridized carbons (Fsp3) is 1.00. The van der Waals surface area contributed by atoms with E-state index < -0.39 is 37.1 Å². The van der Waals surface area contributed by atoms with Crippen molar-refractivity contribution in [1.29, 1.82) is 0 Å². The molecule has 0 aromatic rings. The lowest BCUT2D eigenvalue weighted by atomic mass is 10.1. The first-order chi connectivity index (χ1) is 7.50. The summed E-state index contributed by atoms with van der Waals surface area (Å²) in [5.74, 6) is -12.5. The van der Waals surface area contributed by atoms with Gasteiger partial charge < -0.3 is 9.47 Å². The van der Waals surface area contributed by atoms with E-state index in [4.69, 9.17) is 0 Å². The summed E-state index contributed by atoms with van der Waals surface area (Å²) in [7, 11) is 0. The lowest BCUT2D eigenvalue weighted by molar-refractivity contribution is -0.386. The molecule has 0 radical (unpaired) electrons. The van der Waals surface area contributed by atoms with Crippen molar-refractivity contribution in [1.82, 2.24) is 0 Å². The van der Waals surface area contributed by atoms with Gasteiger partial charge in [0.2, 0.25) is 0 Å². The lowest BCUT2D eigenvalue weighted by Crippen LogP contribution is -2.57. The molecule has 2 nitrogen and oxygen atoms in total. The van der Waals surface area contributed by atoms with Crippen LogP contribution in [-0.4, -0.2) is 43.7 Å². The van der Waals surface area contributed by atoms with Crippen LogP contribution in [0.2, 0.25) is 0 Å². The molecular weight excluding hydrogens is 268 g/mol. The van der Waals surface area contributed by atoms with E-state index in [1.54, 1.807) is 0 Å². The normalized spacial score (nSPS) is 23.6. The Hall–Kier alpha value is -0.640. The molecule has 1 rings (SSSR count). The quantitative estimate of drug-likeness (QED) is 0.567. The average molecular weight is 274 g/mol. The minimum Gasteiger partial charge on any atom is -0.371 e. The van der Waals surface area contributed by atoms with Crippen LogP contribution in [0.3, 0.4) is 0 Å². The van der Waals surface area contributed by atoms with E-state index in [0.29, 0.717) is 0 Å². The number of ether oxygens (including phenoxy) is 2. The van der Waals surface area contributed by atoms with Crippen LogP contribution < -0.4 is 0 Å². The molecule has 1 saturated heterocycles. The molecule has 10 heteroatoms. The molecule has 0 spiro atoms. The highest BCUT2D eigenvalue weighted by Crippen LogP contribution is 2.49. The maximum atomic E-state index is 12.6. The van der Waals surface area contributed by atoms with Crippen molar-refractivity contribution in [3.8, 4) is 0 Å². The summed E-state index contributed by atoms with van der Waals surface area (Å²) in [6.45, 7) is -0.765.